The smallest absolute Gasteiger partial charge is 0.256 e. The molecule has 2 aromatic carbocycles. The van der Waals surface area contributed by atoms with Gasteiger partial charge in [0.05, 0.1) is 46.8 Å². The molecule has 0 fully saturated rings. The lowest BCUT2D eigenvalue weighted by Gasteiger charge is -2.27. The number of anilines is 2. The van der Waals surface area contributed by atoms with Gasteiger partial charge in [0, 0.05) is 45.5 Å². The van der Waals surface area contributed by atoms with E-state index in [1.807, 2.05) is 0 Å². The minimum atomic E-state index is -0.494. The number of aldehydes is 1. The minimum Gasteiger partial charge on any atom is -0.398 e. The lowest BCUT2D eigenvalue weighted by Crippen LogP contribution is -2.32. The molecule has 9 heteroatoms. The molecule has 9 nitrogen and oxygen atoms in total. The normalized spacial score (nSPS) is 12.2. The van der Waals surface area contributed by atoms with Crippen molar-refractivity contribution in [2.45, 2.75) is 6.42 Å². The Morgan fingerprint density at radius 3 is 2.30 bits per heavy atom. The quantitative estimate of drug-likeness (QED) is 0.271. The predicted octanol–water partition coefficient (Wildman–Crippen LogP) is 2.02. The van der Waals surface area contributed by atoms with Gasteiger partial charge in [-0.15, -0.1) is 0 Å². The Labute approximate surface area is 191 Å². The first-order valence-corrected chi connectivity index (χ1v) is 10.5. The second-order valence-corrected chi connectivity index (χ2v) is 7.58. The summed E-state index contributed by atoms with van der Waals surface area (Å²) < 4.78 is 10.3. The van der Waals surface area contributed by atoms with Crippen molar-refractivity contribution >= 4 is 35.1 Å². The molecule has 1 aliphatic rings. The van der Waals surface area contributed by atoms with Gasteiger partial charge in [0.2, 0.25) is 0 Å². The van der Waals surface area contributed by atoms with Crippen molar-refractivity contribution < 1.29 is 28.7 Å². The molecule has 0 spiro atoms. The lowest BCUT2D eigenvalue weighted by molar-refractivity contribution is 0.0621. The lowest BCUT2D eigenvalue weighted by atomic mass is 9.79. The van der Waals surface area contributed by atoms with E-state index in [-0.39, 0.29) is 44.8 Å². The Balaban J connectivity index is 2.02. The highest BCUT2D eigenvalue weighted by Gasteiger charge is 2.38. The van der Waals surface area contributed by atoms with E-state index in [2.05, 4.69) is 5.32 Å². The molecule has 174 valence electrons. The van der Waals surface area contributed by atoms with Gasteiger partial charge in [-0.25, -0.2) is 0 Å². The number of benzene rings is 2. The van der Waals surface area contributed by atoms with Gasteiger partial charge in [0.1, 0.15) is 0 Å². The van der Waals surface area contributed by atoms with Crippen molar-refractivity contribution in [3.63, 3.8) is 0 Å². The molecule has 3 N–H and O–H groups in total. The molecule has 0 saturated heterocycles. The van der Waals surface area contributed by atoms with Crippen molar-refractivity contribution in [1.29, 1.82) is 0 Å². The molecule has 0 aromatic heterocycles. The van der Waals surface area contributed by atoms with Crippen molar-refractivity contribution in [2.24, 2.45) is 0 Å². The third-order valence-electron chi connectivity index (χ3n) is 5.59. The molecule has 3 rings (SSSR count). The first-order chi connectivity index (χ1) is 15.9. The standard InChI is InChI=1S/C24H27N3O6/c1-26-21-17(24(31)27(2)9-6-10-33-12-11-32-3)16(13-28)20(25)18-19(21)23(30)15-8-5-4-7-14(15)22(18)29/h4-5,7-8,13,26H,6,9-12,25H2,1-3H3. The number of rotatable bonds is 10. The zero-order chi connectivity index (χ0) is 24.1. The van der Waals surface area contributed by atoms with Crippen LogP contribution in [0.2, 0.25) is 0 Å². The largest absolute Gasteiger partial charge is 0.398 e. The molecule has 0 aliphatic heterocycles. The van der Waals surface area contributed by atoms with Crippen molar-refractivity contribution in [2.75, 3.05) is 58.6 Å². The number of nitrogens with zero attached hydrogens (tertiary/aromatic N) is 1. The van der Waals surface area contributed by atoms with Crippen LogP contribution in [0.5, 0.6) is 0 Å². The van der Waals surface area contributed by atoms with Gasteiger partial charge in [-0.2, -0.15) is 0 Å². The average molecular weight is 453 g/mol. The summed E-state index contributed by atoms with van der Waals surface area (Å²) in [6, 6.07) is 6.40. The molecule has 33 heavy (non-hydrogen) atoms. The number of nitrogens with one attached hydrogen (secondary N) is 1. The van der Waals surface area contributed by atoms with E-state index in [0.717, 1.165) is 0 Å². The fourth-order valence-electron chi connectivity index (χ4n) is 3.94. The van der Waals surface area contributed by atoms with Crippen LogP contribution in [0.25, 0.3) is 0 Å². The number of fused-ring (bicyclic) bond motifs is 2. The summed E-state index contributed by atoms with van der Waals surface area (Å²) in [7, 11) is 4.70. The van der Waals surface area contributed by atoms with Crippen LogP contribution in [-0.2, 0) is 9.47 Å². The molecule has 1 aliphatic carbocycles. The van der Waals surface area contributed by atoms with E-state index in [1.165, 1.54) is 11.9 Å². The number of methoxy groups -OCH3 is 1. The van der Waals surface area contributed by atoms with E-state index in [9.17, 15) is 19.2 Å². The molecule has 2 aromatic rings. The van der Waals surface area contributed by atoms with Crippen LogP contribution >= 0.6 is 0 Å². The Bertz CT molecular complexity index is 1110. The Morgan fingerprint density at radius 1 is 1.09 bits per heavy atom. The third-order valence-corrected chi connectivity index (χ3v) is 5.59. The zero-order valence-electron chi connectivity index (χ0n) is 18.9. The number of carbonyl (C=O) groups is 4. The Morgan fingerprint density at radius 2 is 1.73 bits per heavy atom. The van der Waals surface area contributed by atoms with E-state index in [0.29, 0.717) is 39.1 Å². The Hall–Kier alpha value is -3.56. The van der Waals surface area contributed by atoms with Crippen LogP contribution in [0, 0.1) is 0 Å². The highest BCUT2D eigenvalue weighted by atomic mass is 16.5. The highest BCUT2D eigenvalue weighted by molar-refractivity contribution is 6.34. The Kier molecular flexibility index (Phi) is 7.57. The van der Waals surface area contributed by atoms with Crippen LogP contribution in [0.1, 0.15) is 59.0 Å². The summed E-state index contributed by atoms with van der Waals surface area (Å²) in [5.74, 6) is -1.39. The monoisotopic (exact) mass is 453 g/mol. The van der Waals surface area contributed by atoms with Gasteiger partial charge >= 0.3 is 0 Å². The molecule has 0 atom stereocenters. The van der Waals surface area contributed by atoms with Crippen molar-refractivity contribution in [3.8, 4) is 0 Å². The first-order valence-electron chi connectivity index (χ1n) is 10.5. The summed E-state index contributed by atoms with van der Waals surface area (Å²) in [5.41, 5.74) is 6.39. The minimum absolute atomic E-state index is 0.00366. The van der Waals surface area contributed by atoms with Crippen LogP contribution in [0.4, 0.5) is 11.4 Å². The van der Waals surface area contributed by atoms with Gasteiger partial charge < -0.3 is 25.4 Å². The van der Waals surface area contributed by atoms with Gasteiger partial charge in [0.25, 0.3) is 5.91 Å². The topological polar surface area (TPSA) is 128 Å². The third kappa shape index (κ3) is 4.37. The van der Waals surface area contributed by atoms with Crippen LogP contribution in [0.3, 0.4) is 0 Å². The number of carbonyl (C=O) groups excluding carboxylic acids is 4. The van der Waals surface area contributed by atoms with E-state index >= 15 is 0 Å². The molecule has 0 unspecified atom stereocenters. The number of ether oxygens (including phenoxy) is 2. The van der Waals surface area contributed by atoms with Gasteiger partial charge in [-0.1, -0.05) is 24.3 Å². The molecule has 1 amide bonds. The zero-order valence-corrected chi connectivity index (χ0v) is 18.9. The fraction of sp³-hybridized carbons (Fsp3) is 0.333. The van der Waals surface area contributed by atoms with Crippen LogP contribution < -0.4 is 11.1 Å². The fourth-order valence-corrected chi connectivity index (χ4v) is 3.94. The maximum Gasteiger partial charge on any atom is 0.256 e. The molecule has 0 radical (unpaired) electrons. The summed E-state index contributed by atoms with van der Waals surface area (Å²) in [6.07, 6.45) is 1.01. The van der Waals surface area contributed by atoms with Gasteiger partial charge in [-0.05, 0) is 6.42 Å². The summed E-state index contributed by atoms with van der Waals surface area (Å²) >= 11 is 0. The van der Waals surface area contributed by atoms with Gasteiger partial charge in [-0.3, -0.25) is 19.2 Å². The number of nitrogen functional groups attached to an aromatic ring is 1. The maximum absolute atomic E-state index is 13.4. The SMILES string of the molecule is CNc1c(C(=O)N(C)CCCOCCOC)c(C=O)c(N)c2c1C(=O)c1ccccc1C2=O. The van der Waals surface area contributed by atoms with Crippen molar-refractivity contribution in [1.82, 2.24) is 4.90 Å². The predicted molar refractivity (Wildman–Crippen MR) is 123 cm³/mol. The number of amides is 1. The number of ketones is 2. The molecular weight excluding hydrogens is 426 g/mol. The second-order valence-electron chi connectivity index (χ2n) is 7.58. The summed E-state index contributed by atoms with van der Waals surface area (Å²) in [5, 5.41) is 2.86. The van der Waals surface area contributed by atoms with E-state index < -0.39 is 17.5 Å². The average Bonchev–Trinajstić information content (AvgIpc) is 2.83. The van der Waals surface area contributed by atoms with Gasteiger partial charge in [0.15, 0.2) is 17.9 Å². The molecule has 0 saturated carbocycles. The van der Waals surface area contributed by atoms with Crippen LogP contribution in [0.15, 0.2) is 24.3 Å². The summed E-state index contributed by atoms with van der Waals surface area (Å²) in [6.45, 7) is 1.70. The maximum atomic E-state index is 13.4. The second kappa shape index (κ2) is 10.4. The van der Waals surface area contributed by atoms with Crippen molar-refractivity contribution in [3.05, 3.63) is 57.6 Å². The number of hydrogen-bond acceptors (Lipinski definition) is 8. The van der Waals surface area contributed by atoms with Crippen LogP contribution in [-0.4, -0.2) is 76.2 Å². The summed E-state index contributed by atoms with van der Waals surface area (Å²) in [4.78, 5) is 53.3. The number of nitrogens with two attached hydrogens (primary N) is 1. The molecule has 0 bridgehead atoms. The number of hydrogen-bond donors (Lipinski definition) is 2. The molecule has 0 heterocycles. The van der Waals surface area contributed by atoms with E-state index in [1.54, 1.807) is 38.4 Å². The molecular formula is C24H27N3O6. The van der Waals surface area contributed by atoms with E-state index in [4.69, 9.17) is 15.2 Å². The highest BCUT2D eigenvalue weighted by Crippen LogP contribution is 2.40. The first kappa shape index (κ1) is 24.1.